The zero-order valence-corrected chi connectivity index (χ0v) is 18.8. The first kappa shape index (κ1) is 21.5. The molecule has 0 radical (unpaired) electrons. The molecule has 0 bridgehead atoms. The fourth-order valence-corrected chi connectivity index (χ4v) is 4.65. The van der Waals surface area contributed by atoms with Crippen molar-refractivity contribution in [3.63, 3.8) is 0 Å². The number of nitrogens with zero attached hydrogens (tertiary/aromatic N) is 1. The standard InChI is InChI=1S/C25H28Cl2N2O/c1-2-29-13-5-7-20(29)15-28-16-22-21-8-4-3-6-19(21)10-12-25(22)30-17-18-9-11-23(26)24(27)14-18/h3-4,6,8-12,14,20,28H,2,5,7,13,15-17H2,1H3. The Labute approximate surface area is 188 Å². The van der Waals surface area contributed by atoms with E-state index in [1.54, 1.807) is 0 Å². The highest BCUT2D eigenvalue weighted by molar-refractivity contribution is 6.42. The molecule has 1 atom stereocenters. The molecule has 0 spiro atoms. The molecule has 1 saturated heterocycles. The van der Waals surface area contributed by atoms with Gasteiger partial charge in [-0.25, -0.2) is 0 Å². The number of hydrogen-bond donors (Lipinski definition) is 1. The highest BCUT2D eigenvalue weighted by Gasteiger charge is 2.22. The van der Waals surface area contributed by atoms with E-state index in [0.29, 0.717) is 22.7 Å². The lowest BCUT2D eigenvalue weighted by atomic mass is 10.0. The van der Waals surface area contributed by atoms with E-state index in [0.717, 1.165) is 30.9 Å². The first-order valence-corrected chi connectivity index (χ1v) is 11.4. The summed E-state index contributed by atoms with van der Waals surface area (Å²) in [7, 11) is 0. The summed E-state index contributed by atoms with van der Waals surface area (Å²) in [5.74, 6) is 0.908. The topological polar surface area (TPSA) is 24.5 Å². The van der Waals surface area contributed by atoms with Gasteiger partial charge in [-0.15, -0.1) is 0 Å². The number of likely N-dealkylation sites (tertiary alicyclic amines) is 1. The van der Waals surface area contributed by atoms with Gasteiger partial charge in [-0.2, -0.15) is 0 Å². The van der Waals surface area contributed by atoms with E-state index in [9.17, 15) is 0 Å². The molecule has 1 unspecified atom stereocenters. The van der Waals surface area contributed by atoms with Crippen LogP contribution >= 0.6 is 23.2 Å². The molecular formula is C25H28Cl2N2O. The Morgan fingerprint density at radius 2 is 1.93 bits per heavy atom. The molecule has 3 aromatic carbocycles. The molecule has 0 amide bonds. The van der Waals surface area contributed by atoms with E-state index >= 15 is 0 Å². The third-order valence-corrected chi connectivity index (χ3v) is 6.70. The van der Waals surface area contributed by atoms with Crippen LogP contribution in [-0.4, -0.2) is 30.6 Å². The zero-order chi connectivity index (χ0) is 20.9. The Kier molecular flexibility index (Phi) is 7.16. The first-order chi connectivity index (χ1) is 14.7. The molecule has 1 heterocycles. The van der Waals surface area contributed by atoms with Crippen molar-refractivity contribution in [1.29, 1.82) is 0 Å². The second-order valence-corrected chi connectivity index (χ2v) is 8.67. The normalized spacial score (nSPS) is 17.0. The minimum atomic E-state index is 0.453. The van der Waals surface area contributed by atoms with Crippen LogP contribution in [0.25, 0.3) is 10.8 Å². The fraction of sp³-hybridized carbons (Fsp3) is 0.360. The second kappa shape index (κ2) is 10.0. The number of hydrogen-bond acceptors (Lipinski definition) is 3. The lowest BCUT2D eigenvalue weighted by molar-refractivity contribution is 0.259. The van der Waals surface area contributed by atoms with Gasteiger partial charge >= 0.3 is 0 Å². The molecule has 3 aromatic rings. The lowest BCUT2D eigenvalue weighted by Gasteiger charge is -2.23. The van der Waals surface area contributed by atoms with E-state index in [1.807, 2.05) is 18.2 Å². The number of likely N-dealkylation sites (N-methyl/N-ethyl adjacent to an activating group) is 1. The molecule has 3 nitrogen and oxygen atoms in total. The maximum Gasteiger partial charge on any atom is 0.124 e. The molecule has 4 rings (SSSR count). The molecule has 0 aliphatic carbocycles. The molecule has 1 N–H and O–H groups in total. The second-order valence-electron chi connectivity index (χ2n) is 7.86. The Bertz CT molecular complexity index is 1010. The smallest absolute Gasteiger partial charge is 0.124 e. The van der Waals surface area contributed by atoms with Gasteiger partial charge in [0, 0.05) is 24.7 Å². The monoisotopic (exact) mass is 442 g/mol. The van der Waals surface area contributed by atoms with Gasteiger partial charge in [-0.05, 0) is 60.5 Å². The van der Waals surface area contributed by atoms with E-state index in [1.165, 1.54) is 35.7 Å². The zero-order valence-electron chi connectivity index (χ0n) is 17.3. The van der Waals surface area contributed by atoms with Gasteiger partial charge in [0.05, 0.1) is 10.0 Å². The van der Waals surface area contributed by atoms with Gasteiger partial charge in [0.2, 0.25) is 0 Å². The molecule has 158 valence electrons. The van der Waals surface area contributed by atoms with E-state index in [2.05, 4.69) is 53.5 Å². The third-order valence-electron chi connectivity index (χ3n) is 5.96. The molecular weight excluding hydrogens is 415 g/mol. The number of ether oxygens (including phenoxy) is 1. The molecule has 1 aliphatic rings. The number of rotatable bonds is 8. The fourth-order valence-electron chi connectivity index (χ4n) is 4.33. The predicted octanol–water partition coefficient (Wildman–Crippen LogP) is 6.30. The van der Waals surface area contributed by atoms with Gasteiger partial charge in [0.1, 0.15) is 12.4 Å². The molecule has 1 fully saturated rings. The van der Waals surface area contributed by atoms with Crippen LogP contribution in [-0.2, 0) is 13.2 Å². The molecule has 30 heavy (non-hydrogen) atoms. The average molecular weight is 443 g/mol. The lowest BCUT2D eigenvalue weighted by Crippen LogP contribution is -2.37. The maximum atomic E-state index is 6.24. The van der Waals surface area contributed by atoms with Crippen molar-refractivity contribution in [3.8, 4) is 5.75 Å². The van der Waals surface area contributed by atoms with Crippen molar-refractivity contribution in [1.82, 2.24) is 10.2 Å². The van der Waals surface area contributed by atoms with Crippen LogP contribution in [0, 0.1) is 0 Å². The van der Waals surface area contributed by atoms with Crippen LogP contribution in [0.2, 0.25) is 10.0 Å². The number of halogens is 2. The summed E-state index contributed by atoms with van der Waals surface area (Å²) in [5.41, 5.74) is 2.20. The minimum absolute atomic E-state index is 0.453. The van der Waals surface area contributed by atoms with Crippen molar-refractivity contribution >= 4 is 34.0 Å². The summed E-state index contributed by atoms with van der Waals surface area (Å²) in [6.45, 7) is 6.83. The van der Waals surface area contributed by atoms with Crippen LogP contribution in [0.15, 0.2) is 54.6 Å². The predicted molar refractivity (Wildman–Crippen MR) is 127 cm³/mol. The van der Waals surface area contributed by atoms with Crippen molar-refractivity contribution in [2.45, 2.75) is 39.0 Å². The summed E-state index contributed by atoms with van der Waals surface area (Å²) in [6, 6.07) is 18.9. The van der Waals surface area contributed by atoms with Crippen molar-refractivity contribution in [3.05, 3.63) is 75.8 Å². The van der Waals surface area contributed by atoms with E-state index in [4.69, 9.17) is 27.9 Å². The van der Waals surface area contributed by atoms with Crippen molar-refractivity contribution < 1.29 is 4.74 Å². The third kappa shape index (κ3) is 4.92. The van der Waals surface area contributed by atoms with Crippen LogP contribution in [0.4, 0.5) is 0 Å². The quantitative estimate of drug-likeness (QED) is 0.442. The number of nitrogens with one attached hydrogen (secondary N) is 1. The van der Waals surface area contributed by atoms with Gasteiger partial charge in [0.25, 0.3) is 0 Å². The van der Waals surface area contributed by atoms with Gasteiger partial charge < -0.3 is 10.1 Å². The van der Waals surface area contributed by atoms with Crippen LogP contribution in [0.5, 0.6) is 5.75 Å². The Morgan fingerprint density at radius 1 is 1.07 bits per heavy atom. The Balaban J connectivity index is 1.51. The Hall–Kier alpha value is -1.78. The van der Waals surface area contributed by atoms with Gasteiger partial charge in [-0.3, -0.25) is 4.90 Å². The van der Waals surface area contributed by atoms with Crippen LogP contribution in [0.1, 0.15) is 30.9 Å². The van der Waals surface area contributed by atoms with Gasteiger partial charge in [-0.1, -0.05) is 66.5 Å². The largest absolute Gasteiger partial charge is 0.489 e. The van der Waals surface area contributed by atoms with E-state index in [-0.39, 0.29) is 0 Å². The SMILES string of the molecule is CCN1CCCC1CNCc1c(OCc2ccc(Cl)c(Cl)c2)ccc2ccccc12. The first-order valence-electron chi connectivity index (χ1n) is 10.7. The minimum Gasteiger partial charge on any atom is -0.489 e. The number of fused-ring (bicyclic) bond motifs is 1. The summed E-state index contributed by atoms with van der Waals surface area (Å²) in [4.78, 5) is 2.57. The molecule has 5 heteroatoms. The van der Waals surface area contributed by atoms with Gasteiger partial charge in [0.15, 0.2) is 0 Å². The van der Waals surface area contributed by atoms with Crippen LogP contribution in [0.3, 0.4) is 0 Å². The summed E-state index contributed by atoms with van der Waals surface area (Å²) in [6.07, 6.45) is 2.57. The molecule has 1 aliphatic heterocycles. The molecule has 0 aromatic heterocycles. The summed E-state index contributed by atoms with van der Waals surface area (Å²) < 4.78 is 6.24. The van der Waals surface area contributed by atoms with Crippen molar-refractivity contribution in [2.75, 3.05) is 19.6 Å². The highest BCUT2D eigenvalue weighted by Crippen LogP contribution is 2.30. The summed E-state index contributed by atoms with van der Waals surface area (Å²) in [5, 5.41) is 7.27. The number of benzene rings is 3. The summed E-state index contributed by atoms with van der Waals surface area (Å²) >= 11 is 12.2. The highest BCUT2D eigenvalue weighted by atomic mass is 35.5. The van der Waals surface area contributed by atoms with E-state index < -0.39 is 0 Å². The van der Waals surface area contributed by atoms with Crippen molar-refractivity contribution in [2.24, 2.45) is 0 Å². The van der Waals surface area contributed by atoms with Crippen LogP contribution < -0.4 is 10.1 Å². The molecule has 0 saturated carbocycles. The maximum absolute atomic E-state index is 6.24. The average Bonchev–Trinajstić information content (AvgIpc) is 3.22. The Morgan fingerprint density at radius 3 is 2.77 bits per heavy atom.